The number of halogens is 1. The Morgan fingerprint density at radius 3 is 2.41 bits per heavy atom. The van der Waals surface area contributed by atoms with Crippen molar-refractivity contribution in [3.05, 3.63) is 64.5 Å². The first-order chi connectivity index (χ1) is 13.0. The molecule has 1 unspecified atom stereocenters. The number of hydrogen-bond donors (Lipinski definition) is 1. The predicted octanol–water partition coefficient (Wildman–Crippen LogP) is 2.88. The van der Waals surface area contributed by atoms with Crippen LogP contribution in [0.25, 0.3) is 0 Å². The smallest absolute Gasteiger partial charge is 0.292 e. The third kappa shape index (κ3) is 4.22. The van der Waals surface area contributed by atoms with Crippen molar-refractivity contribution in [2.75, 3.05) is 36.4 Å². The van der Waals surface area contributed by atoms with Crippen LogP contribution in [0.3, 0.4) is 0 Å². The van der Waals surface area contributed by atoms with Crippen LogP contribution in [0.15, 0.2) is 48.5 Å². The maximum absolute atomic E-state index is 13.9. The Morgan fingerprint density at radius 2 is 1.74 bits per heavy atom. The van der Waals surface area contributed by atoms with E-state index in [1.165, 1.54) is 18.2 Å². The molecule has 0 radical (unpaired) electrons. The average molecular weight is 372 g/mol. The fourth-order valence-corrected chi connectivity index (χ4v) is 3.20. The molecule has 0 aliphatic carbocycles. The third-order valence-corrected chi connectivity index (χ3v) is 4.79. The molecule has 1 aliphatic heterocycles. The maximum atomic E-state index is 13.9. The topological polar surface area (TPSA) is 78.7 Å². The molecule has 0 saturated carbocycles. The standard InChI is InChI=1S/C19H21FN4O3/c1-14(19(25)21-16-7-3-5-9-18(16)24(26)27)22-10-12-23(13-11-22)17-8-4-2-6-15(17)20/h2-9,14H,10-13H2,1H3,(H,21,25). The van der Waals surface area contributed by atoms with Crippen molar-refractivity contribution < 1.29 is 14.1 Å². The first kappa shape index (κ1) is 18.8. The molecular formula is C19H21FN4O3. The highest BCUT2D eigenvalue weighted by Crippen LogP contribution is 2.24. The summed E-state index contributed by atoms with van der Waals surface area (Å²) in [4.78, 5) is 27.0. The molecule has 1 heterocycles. The predicted molar refractivity (Wildman–Crippen MR) is 101 cm³/mol. The molecule has 0 aromatic heterocycles. The number of nitrogens with zero attached hydrogens (tertiary/aromatic N) is 3. The highest BCUT2D eigenvalue weighted by molar-refractivity contribution is 5.96. The van der Waals surface area contributed by atoms with E-state index in [1.807, 2.05) is 9.80 Å². The second-order valence-electron chi connectivity index (χ2n) is 6.41. The largest absolute Gasteiger partial charge is 0.367 e. The molecule has 27 heavy (non-hydrogen) atoms. The number of anilines is 2. The van der Waals surface area contributed by atoms with Gasteiger partial charge in [0.2, 0.25) is 5.91 Å². The summed E-state index contributed by atoms with van der Waals surface area (Å²) in [6.07, 6.45) is 0. The number of piperazine rings is 1. The molecule has 1 atom stereocenters. The van der Waals surface area contributed by atoms with Gasteiger partial charge in [-0.1, -0.05) is 24.3 Å². The van der Waals surface area contributed by atoms with Gasteiger partial charge in [-0.15, -0.1) is 0 Å². The Labute approximate surface area is 156 Å². The summed E-state index contributed by atoms with van der Waals surface area (Å²) in [6.45, 7) is 4.16. The van der Waals surface area contributed by atoms with Crippen molar-refractivity contribution in [2.45, 2.75) is 13.0 Å². The van der Waals surface area contributed by atoms with Gasteiger partial charge in [-0.25, -0.2) is 4.39 Å². The highest BCUT2D eigenvalue weighted by Gasteiger charge is 2.27. The molecule has 142 valence electrons. The summed E-state index contributed by atoms with van der Waals surface area (Å²) in [7, 11) is 0. The van der Waals surface area contributed by atoms with Gasteiger partial charge in [-0.2, -0.15) is 0 Å². The van der Waals surface area contributed by atoms with Gasteiger partial charge < -0.3 is 10.2 Å². The molecule has 2 aromatic carbocycles. The fraction of sp³-hybridized carbons (Fsp3) is 0.316. The van der Waals surface area contributed by atoms with Crippen LogP contribution in [0.4, 0.5) is 21.5 Å². The molecular weight excluding hydrogens is 351 g/mol. The highest BCUT2D eigenvalue weighted by atomic mass is 19.1. The zero-order chi connectivity index (χ0) is 19.4. The van der Waals surface area contributed by atoms with Crippen LogP contribution in [-0.2, 0) is 4.79 Å². The number of nitro benzene ring substituents is 1. The molecule has 1 fully saturated rings. The van der Waals surface area contributed by atoms with Crippen LogP contribution in [0.5, 0.6) is 0 Å². The Morgan fingerprint density at radius 1 is 1.11 bits per heavy atom. The molecule has 1 amide bonds. The van der Waals surface area contributed by atoms with E-state index in [2.05, 4.69) is 5.32 Å². The third-order valence-electron chi connectivity index (χ3n) is 4.79. The van der Waals surface area contributed by atoms with Gasteiger partial charge in [0.15, 0.2) is 0 Å². The van der Waals surface area contributed by atoms with Crippen molar-refractivity contribution >= 4 is 23.0 Å². The second kappa shape index (κ2) is 8.13. The van der Waals surface area contributed by atoms with Gasteiger partial charge in [0.05, 0.1) is 16.7 Å². The van der Waals surface area contributed by atoms with E-state index < -0.39 is 11.0 Å². The number of nitro groups is 1. The van der Waals surface area contributed by atoms with Crippen LogP contribution in [0.2, 0.25) is 0 Å². The minimum absolute atomic E-state index is 0.137. The Hall–Kier alpha value is -3.00. The van der Waals surface area contributed by atoms with Gasteiger partial charge in [0, 0.05) is 32.2 Å². The summed E-state index contributed by atoms with van der Waals surface area (Å²) in [5.74, 6) is -0.559. The summed E-state index contributed by atoms with van der Waals surface area (Å²) >= 11 is 0. The SMILES string of the molecule is CC(C(=O)Nc1ccccc1[N+](=O)[O-])N1CCN(c2ccccc2F)CC1. The Balaban J connectivity index is 1.61. The normalized spacial score (nSPS) is 16.0. The molecule has 0 bridgehead atoms. The average Bonchev–Trinajstić information content (AvgIpc) is 2.68. The van der Waals surface area contributed by atoms with E-state index in [-0.39, 0.29) is 23.1 Å². The number of para-hydroxylation sites is 3. The Bertz CT molecular complexity index is 837. The summed E-state index contributed by atoms with van der Waals surface area (Å²) in [5, 5.41) is 13.7. The first-order valence-corrected chi connectivity index (χ1v) is 8.75. The van der Waals surface area contributed by atoms with Crippen molar-refractivity contribution in [1.29, 1.82) is 0 Å². The summed E-state index contributed by atoms with van der Waals surface area (Å²) in [6, 6.07) is 12.2. The lowest BCUT2D eigenvalue weighted by Crippen LogP contribution is -2.53. The number of hydrogen-bond acceptors (Lipinski definition) is 5. The van der Waals surface area contributed by atoms with Crippen LogP contribution >= 0.6 is 0 Å². The second-order valence-corrected chi connectivity index (χ2v) is 6.41. The van der Waals surface area contributed by atoms with Gasteiger partial charge in [-0.3, -0.25) is 19.8 Å². The van der Waals surface area contributed by atoms with Crippen molar-refractivity contribution in [2.24, 2.45) is 0 Å². The quantitative estimate of drug-likeness (QED) is 0.645. The number of amides is 1. The van der Waals surface area contributed by atoms with Gasteiger partial charge in [-0.05, 0) is 25.1 Å². The molecule has 7 nitrogen and oxygen atoms in total. The summed E-state index contributed by atoms with van der Waals surface area (Å²) in [5.41, 5.74) is 0.612. The molecule has 1 aliphatic rings. The van der Waals surface area contributed by atoms with Crippen LogP contribution in [0, 0.1) is 15.9 Å². The van der Waals surface area contributed by atoms with Crippen LogP contribution in [0.1, 0.15) is 6.92 Å². The van der Waals surface area contributed by atoms with E-state index in [0.717, 1.165) is 0 Å². The van der Waals surface area contributed by atoms with Crippen molar-refractivity contribution in [3.8, 4) is 0 Å². The molecule has 8 heteroatoms. The maximum Gasteiger partial charge on any atom is 0.292 e. The lowest BCUT2D eigenvalue weighted by Gasteiger charge is -2.38. The number of nitrogens with one attached hydrogen (secondary N) is 1. The minimum Gasteiger partial charge on any atom is -0.367 e. The van der Waals surface area contributed by atoms with Gasteiger partial charge >= 0.3 is 0 Å². The van der Waals surface area contributed by atoms with E-state index >= 15 is 0 Å². The minimum atomic E-state index is -0.520. The van der Waals surface area contributed by atoms with E-state index in [9.17, 15) is 19.3 Å². The first-order valence-electron chi connectivity index (χ1n) is 8.75. The fourth-order valence-electron chi connectivity index (χ4n) is 3.20. The molecule has 2 aromatic rings. The van der Waals surface area contributed by atoms with Crippen molar-refractivity contribution in [1.82, 2.24) is 4.90 Å². The molecule has 1 N–H and O–H groups in total. The molecule has 1 saturated heterocycles. The number of rotatable bonds is 5. The van der Waals surface area contributed by atoms with Crippen LogP contribution < -0.4 is 10.2 Å². The number of carbonyl (C=O) groups is 1. The Kier molecular flexibility index (Phi) is 5.66. The van der Waals surface area contributed by atoms with Gasteiger partial charge in [0.1, 0.15) is 11.5 Å². The molecule has 3 rings (SSSR count). The van der Waals surface area contributed by atoms with Gasteiger partial charge in [0.25, 0.3) is 5.69 Å². The van der Waals surface area contributed by atoms with E-state index in [0.29, 0.717) is 31.9 Å². The molecule has 0 spiro atoms. The zero-order valence-electron chi connectivity index (χ0n) is 15.0. The van der Waals surface area contributed by atoms with Crippen molar-refractivity contribution in [3.63, 3.8) is 0 Å². The lowest BCUT2D eigenvalue weighted by molar-refractivity contribution is -0.383. The van der Waals surface area contributed by atoms with E-state index in [1.54, 1.807) is 37.3 Å². The van der Waals surface area contributed by atoms with E-state index in [4.69, 9.17) is 0 Å². The summed E-state index contributed by atoms with van der Waals surface area (Å²) < 4.78 is 13.9. The zero-order valence-corrected chi connectivity index (χ0v) is 15.0. The monoisotopic (exact) mass is 372 g/mol. The lowest BCUT2D eigenvalue weighted by atomic mass is 10.2. The van der Waals surface area contributed by atoms with Crippen LogP contribution in [-0.4, -0.2) is 48.0 Å². The number of carbonyl (C=O) groups excluding carboxylic acids is 1. The number of benzene rings is 2.